The highest BCUT2D eigenvalue weighted by atomic mass is 79.9. The number of nitrogens with zero attached hydrogens (tertiary/aromatic N) is 3. The average Bonchev–Trinajstić information content (AvgIpc) is 3.01. The van der Waals surface area contributed by atoms with E-state index in [9.17, 15) is 9.18 Å². The van der Waals surface area contributed by atoms with Crippen LogP contribution < -0.4 is 5.32 Å². The normalized spacial score (nSPS) is 16.6. The number of anilines is 1. The van der Waals surface area contributed by atoms with Crippen molar-refractivity contribution in [3.05, 3.63) is 70.6 Å². The van der Waals surface area contributed by atoms with Gasteiger partial charge in [-0.3, -0.25) is 14.3 Å². The van der Waals surface area contributed by atoms with Crippen molar-refractivity contribution in [1.82, 2.24) is 14.5 Å². The fourth-order valence-corrected chi connectivity index (χ4v) is 3.32. The van der Waals surface area contributed by atoms with E-state index in [2.05, 4.69) is 31.2 Å². The first-order valence-corrected chi connectivity index (χ1v) is 8.15. The lowest BCUT2D eigenvalue weighted by Gasteiger charge is -2.23. The maximum atomic E-state index is 14.3. The quantitative estimate of drug-likeness (QED) is 0.731. The Balaban J connectivity index is 1.86. The minimum atomic E-state index is -0.427. The molecule has 1 amide bonds. The second-order valence-corrected chi connectivity index (χ2v) is 6.45. The van der Waals surface area contributed by atoms with Crippen LogP contribution >= 0.6 is 15.9 Å². The molecule has 0 fully saturated rings. The molecule has 0 radical (unpaired) electrons. The van der Waals surface area contributed by atoms with Gasteiger partial charge in [-0.15, -0.1) is 0 Å². The Hall–Kier alpha value is -2.54. The highest BCUT2D eigenvalue weighted by Crippen LogP contribution is 2.38. The highest BCUT2D eigenvalue weighted by molar-refractivity contribution is 9.10. The molecule has 1 N–H and O–H groups in total. The summed E-state index contributed by atoms with van der Waals surface area (Å²) >= 11 is 3.36. The third-order valence-electron chi connectivity index (χ3n) is 4.03. The molecule has 24 heavy (non-hydrogen) atoms. The van der Waals surface area contributed by atoms with Crippen LogP contribution in [0.1, 0.15) is 23.6 Å². The van der Waals surface area contributed by atoms with E-state index >= 15 is 0 Å². The van der Waals surface area contributed by atoms with Crippen molar-refractivity contribution in [3.8, 4) is 5.69 Å². The summed E-state index contributed by atoms with van der Waals surface area (Å²) in [4.78, 5) is 20.7. The summed E-state index contributed by atoms with van der Waals surface area (Å²) in [5, 5.41) is 2.84. The molecule has 0 aliphatic carbocycles. The van der Waals surface area contributed by atoms with E-state index in [4.69, 9.17) is 0 Å². The summed E-state index contributed by atoms with van der Waals surface area (Å²) in [5.74, 6) is -0.384. The van der Waals surface area contributed by atoms with Gasteiger partial charge in [-0.2, -0.15) is 0 Å². The Labute approximate surface area is 145 Å². The van der Waals surface area contributed by atoms with Gasteiger partial charge in [0.2, 0.25) is 5.91 Å². The molecule has 4 rings (SSSR count). The van der Waals surface area contributed by atoms with Crippen LogP contribution in [0, 0.1) is 5.82 Å². The number of carbonyl (C=O) groups is 1. The molecule has 7 heteroatoms. The zero-order valence-corrected chi connectivity index (χ0v) is 14.0. The Bertz CT molecular complexity index is 926. The van der Waals surface area contributed by atoms with Gasteiger partial charge >= 0.3 is 0 Å². The number of hydrogen-bond acceptors (Lipinski definition) is 3. The van der Waals surface area contributed by atoms with Gasteiger partial charge in [-0.25, -0.2) is 9.37 Å². The smallest absolute Gasteiger partial charge is 0.226 e. The van der Waals surface area contributed by atoms with Crippen molar-refractivity contribution in [2.24, 2.45) is 0 Å². The number of hydrogen-bond donors (Lipinski definition) is 1. The van der Waals surface area contributed by atoms with E-state index in [0.29, 0.717) is 17.1 Å². The number of nitrogens with one attached hydrogen (secondary N) is 1. The van der Waals surface area contributed by atoms with Gasteiger partial charge in [0.15, 0.2) is 0 Å². The number of halogens is 2. The minimum absolute atomic E-state index is 0.157. The van der Waals surface area contributed by atoms with Crippen molar-refractivity contribution in [2.45, 2.75) is 12.3 Å². The molecule has 1 aliphatic heterocycles. The summed E-state index contributed by atoms with van der Waals surface area (Å²) in [6, 6.07) is 8.40. The van der Waals surface area contributed by atoms with Gasteiger partial charge in [-0.05, 0) is 35.9 Å². The first-order valence-electron chi connectivity index (χ1n) is 7.36. The van der Waals surface area contributed by atoms with E-state index in [-0.39, 0.29) is 18.1 Å². The van der Waals surface area contributed by atoms with Gasteiger partial charge in [0, 0.05) is 23.0 Å². The molecule has 1 aliphatic rings. The van der Waals surface area contributed by atoms with Crippen molar-refractivity contribution in [3.63, 3.8) is 0 Å². The second-order valence-electron chi connectivity index (χ2n) is 5.53. The highest BCUT2D eigenvalue weighted by Gasteiger charge is 2.32. The Morgan fingerprint density at radius 2 is 2.21 bits per heavy atom. The Morgan fingerprint density at radius 1 is 1.33 bits per heavy atom. The molecule has 1 aromatic carbocycles. The van der Waals surface area contributed by atoms with Crippen LogP contribution in [-0.2, 0) is 4.79 Å². The zero-order chi connectivity index (χ0) is 16.7. The van der Waals surface area contributed by atoms with Crippen molar-refractivity contribution >= 4 is 27.7 Å². The molecule has 3 heterocycles. The van der Waals surface area contributed by atoms with E-state index in [1.807, 2.05) is 6.07 Å². The lowest BCUT2D eigenvalue weighted by molar-refractivity contribution is -0.116. The number of rotatable bonds is 2. The first kappa shape index (κ1) is 15.0. The summed E-state index contributed by atoms with van der Waals surface area (Å²) < 4.78 is 16.8. The standard InChI is InChI=1S/C17H12BrFN4O/c18-10-3-4-14(19)12(6-10)13-7-15(24)22-17-16(13)21-9-23(17)11-2-1-5-20-8-11/h1-6,8-9,13H,7H2,(H,22,24)/t13-/m1/s1. The summed E-state index contributed by atoms with van der Waals surface area (Å²) in [6.07, 6.45) is 5.13. The van der Waals surface area contributed by atoms with Gasteiger partial charge in [0.1, 0.15) is 18.0 Å². The molecule has 5 nitrogen and oxygen atoms in total. The second kappa shape index (κ2) is 5.83. The topological polar surface area (TPSA) is 59.8 Å². The lowest BCUT2D eigenvalue weighted by atomic mass is 9.89. The fourth-order valence-electron chi connectivity index (χ4n) is 2.94. The minimum Gasteiger partial charge on any atom is -0.310 e. The largest absolute Gasteiger partial charge is 0.310 e. The van der Waals surface area contributed by atoms with Gasteiger partial charge in [0.25, 0.3) is 0 Å². The number of benzene rings is 1. The van der Waals surface area contributed by atoms with Crippen molar-refractivity contribution in [2.75, 3.05) is 5.32 Å². The Kier molecular flexibility index (Phi) is 3.65. The van der Waals surface area contributed by atoms with E-state index in [1.54, 1.807) is 41.5 Å². The van der Waals surface area contributed by atoms with Crippen LogP contribution in [0.25, 0.3) is 5.69 Å². The molecule has 0 spiro atoms. The molecule has 0 unspecified atom stereocenters. The molecule has 120 valence electrons. The maximum Gasteiger partial charge on any atom is 0.226 e. The molecule has 0 bridgehead atoms. The molecular weight excluding hydrogens is 375 g/mol. The SMILES string of the molecule is O=C1C[C@H](c2cc(Br)ccc2F)c2ncn(-c3cccnc3)c2N1. The van der Waals surface area contributed by atoms with Crippen LogP contribution in [0.5, 0.6) is 0 Å². The van der Waals surface area contributed by atoms with Crippen LogP contribution in [-0.4, -0.2) is 20.4 Å². The van der Waals surface area contributed by atoms with Crippen LogP contribution in [0.15, 0.2) is 53.5 Å². The van der Waals surface area contributed by atoms with Crippen LogP contribution in [0.3, 0.4) is 0 Å². The fraction of sp³-hybridized carbons (Fsp3) is 0.118. The van der Waals surface area contributed by atoms with Crippen LogP contribution in [0.4, 0.5) is 10.2 Å². The molecule has 2 aromatic heterocycles. The third-order valence-corrected chi connectivity index (χ3v) is 4.52. The molecule has 0 saturated carbocycles. The van der Waals surface area contributed by atoms with Crippen molar-refractivity contribution in [1.29, 1.82) is 0 Å². The summed E-state index contributed by atoms with van der Waals surface area (Å²) in [6.45, 7) is 0. The van der Waals surface area contributed by atoms with E-state index < -0.39 is 5.92 Å². The Morgan fingerprint density at radius 3 is 3.00 bits per heavy atom. The predicted octanol–water partition coefficient (Wildman–Crippen LogP) is 3.64. The van der Waals surface area contributed by atoms with E-state index in [1.165, 1.54) is 6.07 Å². The third kappa shape index (κ3) is 2.50. The predicted molar refractivity (Wildman–Crippen MR) is 90.5 cm³/mol. The van der Waals surface area contributed by atoms with Crippen molar-refractivity contribution < 1.29 is 9.18 Å². The number of pyridine rings is 1. The number of carbonyl (C=O) groups excluding carboxylic acids is 1. The summed E-state index contributed by atoms with van der Waals surface area (Å²) in [7, 11) is 0. The zero-order valence-electron chi connectivity index (χ0n) is 12.4. The monoisotopic (exact) mass is 386 g/mol. The summed E-state index contributed by atoms with van der Waals surface area (Å²) in [5.41, 5.74) is 1.88. The number of imidazole rings is 1. The number of fused-ring (bicyclic) bond motifs is 1. The molecule has 3 aromatic rings. The maximum absolute atomic E-state index is 14.3. The van der Waals surface area contributed by atoms with Gasteiger partial charge in [0.05, 0.1) is 17.6 Å². The van der Waals surface area contributed by atoms with Gasteiger partial charge < -0.3 is 5.32 Å². The molecular formula is C17H12BrFN4O. The number of aromatic nitrogens is 3. The van der Waals surface area contributed by atoms with E-state index in [0.717, 1.165) is 10.2 Å². The number of amides is 1. The molecule has 1 atom stereocenters. The van der Waals surface area contributed by atoms with Crippen LogP contribution in [0.2, 0.25) is 0 Å². The molecule has 0 saturated heterocycles. The van der Waals surface area contributed by atoms with Gasteiger partial charge in [-0.1, -0.05) is 15.9 Å². The first-order chi connectivity index (χ1) is 11.6. The average molecular weight is 387 g/mol. The lowest BCUT2D eigenvalue weighted by Crippen LogP contribution is -2.25.